The summed E-state index contributed by atoms with van der Waals surface area (Å²) in [6.45, 7) is 2.51. The van der Waals surface area contributed by atoms with Gasteiger partial charge in [-0.05, 0) is 12.1 Å². The topological polar surface area (TPSA) is 85.6 Å². The second-order valence-electron chi connectivity index (χ2n) is 5.59. The number of rotatable bonds is 6. The Kier molecular flexibility index (Phi) is 5.45. The van der Waals surface area contributed by atoms with Crippen molar-refractivity contribution < 1.29 is 18.8 Å². The van der Waals surface area contributed by atoms with E-state index in [1.54, 1.807) is 7.11 Å². The maximum absolute atomic E-state index is 12.0. The van der Waals surface area contributed by atoms with Crippen LogP contribution in [0.25, 0.3) is 11.3 Å². The van der Waals surface area contributed by atoms with Crippen molar-refractivity contribution in [2.75, 3.05) is 26.8 Å². The molecule has 1 aliphatic heterocycles. The Morgan fingerprint density at radius 1 is 1.46 bits per heavy atom. The molecule has 0 radical (unpaired) electrons. The molecule has 1 atom stereocenters. The molecule has 1 aromatic heterocycles. The predicted octanol–water partition coefficient (Wildman–Crippen LogP) is 1.34. The lowest BCUT2D eigenvalue weighted by atomic mass is 10.1. The molecule has 1 aromatic carbocycles. The number of nitrogens with one attached hydrogen (secondary N) is 2. The first kappa shape index (κ1) is 16.5. The minimum Gasteiger partial charge on any atom is -0.497 e. The first-order valence-corrected chi connectivity index (χ1v) is 7.93. The van der Waals surface area contributed by atoms with E-state index in [0.29, 0.717) is 37.6 Å². The first-order valence-electron chi connectivity index (χ1n) is 7.93. The SMILES string of the molecule is COc1cccc(-c2cc(CNC(=O)C[C@H]3CNCCO3)no2)c1. The third kappa shape index (κ3) is 4.33. The van der Waals surface area contributed by atoms with Gasteiger partial charge >= 0.3 is 0 Å². The highest BCUT2D eigenvalue weighted by molar-refractivity contribution is 5.76. The van der Waals surface area contributed by atoms with E-state index in [-0.39, 0.29) is 12.0 Å². The predicted molar refractivity (Wildman–Crippen MR) is 87.6 cm³/mol. The maximum Gasteiger partial charge on any atom is 0.222 e. The lowest BCUT2D eigenvalue weighted by Crippen LogP contribution is -2.41. The molecular weight excluding hydrogens is 310 g/mol. The summed E-state index contributed by atoms with van der Waals surface area (Å²) in [5.41, 5.74) is 1.55. The molecule has 0 saturated carbocycles. The van der Waals surface area contributed by atoms with Crippen LogP contribution in [0.15, 0.2) is 34.9 Å². The highest BCUT2D eigenvalue weighted by Gasteiger charge is 2.17. The van der Waals surface area contributed by atoms with Crippen LogP contribution >= 0.6 is 0 Å². The van der Waals surface area contributed by atoms with Crippen molar-refractivity contribution in [3.05, 3.63) is 36.0 Å². The zero-order valence-electron chi connectivity index (χ0n) is 13.6. The number of hydrogen-bond donors (Lipinski definition) is 2. The van der Waals surface area contributed by atoms with Crippen LogP contribution in [0, 0.1) is 0 Å². The fourth-order valence-electron chi connectivity index (χ4n) is 2.53. The molecule has 0 unspecified atom stereocenters. The van der Waals surface area contributed by atoms with E-state index in [0.717, 1.165) is 17.9 Å². The quantitative estimate of drug-likeness (QED) is 0.831. The van der Waals surface area contributed by atoms with Crippen LogP contribution in [-0.4, -0.2) is 44.0 Å². The summed E-state index contributed by atoms with van der Waals surface area (Å²) < 4.78 is 16.1. The molecule has 1 amide bonds. The molecule has 7 heteroatoms. The zero-order chi connectivity index (χ0) is 16.8. The summed E-state index contributed by atoms with van der Waals surface area (Å²) in [6, 6.07) is 9.35. The number of hydrogen-bond acceptors (Lipinski definition) is 6. The van der Waals surface area contributed by atoms with Crippen molar-refractivity contribution in [1.82, 2.24) is 15.8 Å². The highest BCUT2D eigenvalue weighted by atomic mass is 16.5. The summed E-state index contributed by atoms with van der Waals surface area (Å²) in [4.78, 5) is 12.0. The van der Waals surface area contributed by atoms with E-state index in [2.05, 4.69) is 15.8 Å². The Morgan fingerprint density at radius 3 is 3.17 bits per heavy atom. The number of benzene rings is 1. The summed E-state index contributed by atoms with van der Waals surface area (Å²) in [6.07, 6.45) is 0.275. The Balaban J connectivity index is 1.53. The number of carbonyl (C=O) groups is 1. The number of methoxy groups -OCH3 is 1. The molecule has 0 aliphatic carbocycles. The molecular formula is C17H21N3O4. The molecule has 128 valence electrons. The van der Waals surface area contributed by atoms with Gasteiger partial charge in [0.15, 0.2) is 5.76 Å². The summed E-state index contributed by atoms with van der Waals surface area (Å²) in [5.74, 6) is 1.33. The molecule has 0 bridgehead atoms. The Hall–Kier alpha value is -2.38. The van der Waals surface area contributed by atoms with Gasteiger partial charge in [0.1, 0.15) is 11.4 Å². The van der Waals surface area contributed by atoms with Crippen molar-refractivity contribution >= 4 is 5.91 Å². The largest absolute Gasteiger partial charge is 0.497 e. The van der Waals surface area contributed by atoms with Crippen LogP contribution in [0.2, 0.25) is 0 Å². The molecule has 1 saturated heterocycles. The van der Waals surface area contributed by atoms with Crippen molar-refractivity contribution in [3.63, 3.8) is 0 Å². The molecule has 2 heterocycles. The van der Waals surface area contributed by atoms with Gasteiger partial charge in [0, 0.05) is 24.7 Å². The van der Waals surface area contributed by atoms with Gasteiger partial charge < -0.3 is 24.6 Å². The van der Waals surface area contributed by atoms with Crippen LogP contribution in [-0.2, 0) is 16.1 Å². The molecule has 1 fully saturated rings. The molecule has 3 rings (SSSR count). The first-order chi connectivity index (χ1) is 11.7. The van der Waals surface area contributed by atoms with Crippen LogP contribution < -0.4 is 15.4 Å². The normalized spacial score (nSPS) is 17.5. The minimum absolute atomic E-state index is 0.0605. The minimum atomic E-state index is -0.0663. The van der Waals surface area contributed by atoms with Crippen LogP contribution in [0.1, 0.15) is 12.1 Å². The number of amides is 1. The summed E-state index contributed by atoms with van der Waals surface area (Å²) in [5, 5.41) is 10.0. The van der Waals surface area contributed by atoms with E-state index in [1.807, 2.05) is 30.3 Å². The Labute approximate surface area is 140 Å². The number of aromatic nitrogens is 1. The van der Waals surface area contributed by atoms with Crippen LogP contribution in [0.5, 0.6) is 5.75 Å². The van der Waals surface area contributed by atoms with Gasteiger partial charge in [0.2, 0.25) is 5.91 Å². The zero-order valence-corrected chi connectivity index (χ0v) is 13.6. The summed E-state index contributed by atoms with van der Waals surface area (Å²) >= 11 is 0. The molecule has 0 spiro atoms. The summed E-state index contributed by atoms with van der Waals surface area (Å²) in [7, 11) is 1.62. The number of carbonyl (C=O) groups excluding carboxylic acids is 1. The highest BCUT2D eigenvalue weighted by Crippen LogP contribution is 2.24. The van der Waals surface area contributed by atoms with Crippen molar-refractivity contribution in [2.24, 2.45) is 0 Å². The third-order valence-electron chi connectivity index (χ3n) is 3.80. The van der Waals surface area contributed by atoms with E-state index < -0.39 is 0 Å². The molecule has 2 N–H and O–H groups in total. The second-order valence-corrected chi connectivity index (χ2v) is 5.59. The van der Waals surface area contributed by atoms with Gasteiger partial charge in [0.05, 0.1) is 32.8 Å². The smallest absolute Gasteiger partial charge is 0.222 e. The van der Waals surface area contributed by atoms with Gasteiger partial charge in [-0.2, -0.15) is 0 Å². The lowest BCUT2D eigenvalue weighted by Gasteiger charge is -2.22. The lowest BCUT2D eigenvalue weighted by molar-refractivity contribution is -0.124. The van der Waals surface area contributed by atoms with Gasteiger partial charge in [-0.15, -0.1) is 0 Å². The van der Waals surface area contributed by atoms with Crippen LogP contribution in [0.4, 0.5) is 0 Å². The van der Waals surface area contributed by atoms with Gasteiger partial charge in [-0.25, -0.2) is 0 Å². The van der Waals surface area contributed by atoms with Gasteiger partial charge in [-0.1, -0.05) is 17.3 Å². The Morgan fingerprint density at radius 2 is 2.38 bits per heavy atom. The number of nitrogens with zero attached hydrogens (tertiary/aromatic N) is 1. The Bertz CT molecular complexity index is 680. The van der Waals surface area contributed by atoms with Gasteiger partial charge in [-0.3, -0.25) is 4.79 Å². The fraction of sp³-hybridized carbons (Fsp3) is 0.412. The van der Waals surface area contributed by atoms with Gasteiger partial charge in [0.25, 0.3) is 0 Å². The van der Waals surface area contributed by atoms with E-state index in [1.165, 1.54) is 0 Å². The van der Waals surface area contributed by atoms with Crippen molar-refractivity contribution in [2.45, 2.75) is 19.1 Å². The fourth-order valence-corrected chi connectivity index (χ4v) is 2.53. The maximum atomic E-state index is 12.0. The number of ether oxygens (including phenoxy) is 2. The van der Waals surface area contributed by atoms with E-state index >= 15 is 0 Å². The standard InChI is InChI=1S/C17H21N3O4/c1-22-14-4-2-3-12(7-14)16-8-13(20-24-16)10-19-17(21)9-15-11-18-5-6-23-15/h2-4,7-8,15,18H,5-6,9-11H2,1H3,(H,19,21)/t15-/m0/s1. The van der Waals surface area contributed by atoms with Crippen molar-refractivity contribution in [3.8, 4) is 17.1 Å². The van der Waals surface area contributed by atoms with Crippen LogP contribution in [0.3, 0.4) is 0 Å². The molecule has 2 aromatic rings. The third-order valence-corrected chi connectivity index (χ3v) is 3.80. The molecule has 24 heavy (non-hydrogen) atoms. The second kappa shape index (κ2) is 7.94. The van der Waals surface area contributed by atoms with Crippen molar-refractivity contribution in [1.29, 1.82) is 0 Å². The van der Waals surface area contributed by atoms with E-state index in [4.69, 9.17) is 14.0 Å². The average Bonchev–Trinajstić information content (AvgIpc) is 3.10. The van der Waals surface area contributed by atoms with E-state index in [9.17, 15) is 4.79 Å². The monoisotopic (exact) mass is 331 g/mol. The average molecular weight is 331 g/mol. The molecule has 7 nitrogen and oxygen atoms in total. The number of morpholine rings is 1. The molecule has 1 aliphatic rings.